The Balaban J connectivity index is 2.13. The number of aryl methyl sites for hydroxylation is 1. The van der Waals surface area contributed by atoms with Gasteiger partial charge in [0.2, 0.25) is 5.95 Å². The van der Waals surface area contributed by atoms with E-state index in [0.717, 1.165) is 17.8 Å². The van der Waals surface area contributed by atoms with Crippen molar-refractivity contribution in [3.05, 3.63) is 23.5 Å². The number of rotatable bonds is 6. The van der Waals surface area contributed by atoms with Gasteiger partial charge in [-0.25, -0.2) is 23.4 Å². The number of aromatic nitrogens is 3. The zero-order valence-corrected chi connectivity index (χ0v) is 12.8. The third-order valence-corrected chi connectivity index (χ3v) is 4.57. The van der Waals surface area contributed by atoms with Crippen LogP contribution in [0, 0.1) is 6.92 Å². The van der Waals surface area contributed by atoms with Crippen molar-refractivity contribution in [1.82, 2.24) is 15.0 Å². The van der Waals surface area contributed by atoms with Crippen LogP contribution in [0.5, 0.6) is 0 Å². The molecule has 20 heavy (non-hydrogen) atoms. The molecule has 0 aliphatic carbocycles. The second kappa shape index (κ2) is 6.14. The highest BCUT2D eigenvalue weighted by Gasteiger charge is 2.17. The molecule has 2 heterocycles. The molecule has 2 rings (SSSR count). The van der Waals surface area contributed by atoms with E-state index in [-0.39, 0.29) is 4.90 Å². The van der Waals surface area contributed by atoms with Gasteiger partial charge in [0.25, 0.3) is 10.0 Å². The number of sulfonamides is 1. The first kappa shape index (κ1) is 14.7. The minimum Gasteiger partial charge on any atom is -0.354 e. The summed E-state index contributed by atoms with van der Waals surface area (Å²) in [4.78, 5) is 12.8. The van der Waals surface area contributed by atoms with Gasteiger partial charge in [0.15, 0.2) is 5.13 Å². The number of nitrogens with one attached hydrogen (secondary N) is 2. The van der Waals surface area contributed by atoms with Crippen molar-refractivity contribution in [2.75, 3.05) is 16.6 Å². The standard InChI is InChI=1S/C11H15N5O2S2/c1-3-4-12-10-13-6-9(7-14-10)20(17,18)16-11-15-5-8(2)19-11/h5-7H,3-4H2,1-2H3,(H,15,16)(H,12,13,14). The molecule has 0 amide bonds. The van der Waals surface area contributed by atoms with E-state index in [9.17, 15) is 8.42 Å². The second-order valence-electron chi connectivity index (χ2n) is 4.05. The molecule has 9 heteroatoms. The molecule has 0 unspecified atom stereocenters. The third-order valence-electron chi connectivity index (χ3n) is 2.31. The highest BCUT2D eigenvalue weighted by Crippen LogP contribution is 2.20. The van der Waals surface area contributed by atoms with Crippen LogP contribution in [0.3, 0.4) is 0 Å². The number of hydrogen-bond donors (Lipinski definition) is 2. The zero-order valence-electron chi connectivity index (χ0n) is 11.1. The van der Waals surface area contributed by atoms with Gasteiger partial charge in [0.1, 0.15) is 4.90 Å². The fraction of sp³-hybridized carbons (Fsp3) is 0.364. The molecule has 2 N–H and O–H groups in total. The molecule has 0 fully saturated rings. The molecule has 0 aliphatic rings. The molecule has 0 radical (unpaired) electrons. The van der Waals surface area contributed by atoms with Gasteiger partial charge < -0.3 is 5.32 Å². The maximum Gasteiger partial charge on any atom is 0.266 e. The van der Waals surface area contributed by atoms with Crippen molar-refractivity contribution in [3.8, 4) is 0 Å². The predicted octanol–water partition coefficient (Wildman–Crippen LogP) is 1.86. The number of hydrogen-bond acceptors (Lipinski definition) is 7. The monoisotopic (exact) mass is 313 g/mol. The van der Waals surface area contributed by atoms with E-state index in [0.29, 0.717) is 11.1 Å². The summed E-state index contributed by atoms with van der Waals surface area (Å²) < 4.78 is 26.6. The normalized spacial score (nSPS) is 11.3. The molecule has 0 aromatic carbocycles. The largest absolute Gasteiger partial charge is 0.354 e. The van der Waals surface area contributed by atoms with Gasteiger partial charge in [-0.05, 0) is 13.3 Å². The summed E-state index contributed by atoms with van der Waals surface area (Å²) in [6, 6.07) is 0. The first-order valence-corrected chi connectivity index (χ1v) is 8.32. The van der Waals surface area contributed by atoms with Crippen LogP contribution in [-0.2, 0) is 10.0 Å². The molecule has 108 valence electrons. The molecule has 0 saturated carbocycles. The van der Waals surface area contributed by atoms with Crippen molar-refractivity contribution in [3.63, 3.8) is 0 Å². The van der Waals surface area contributed by atoms with Gasteiger partial charge in [-0.15, -0.1) is 11.3 Å². The Hall–Kier alpha value is -1.74. The van der Waals surface area contributed by atoms with E-state index < -0.39 is 10.0 Å². The molecule has 2 aromatic rings. The summed E-state index contributed by atoms with van der Waals surface area (Å²) in [5.41, 5.74) is 0. The van der Waals surface area contributed by atoms with E-state index >= 15 is 0 Å². The van der Waals surface area contributed by atoms with Gasteiger partial charge in [-0.3, -0.25) is 4.72 Å². The van der Waals surface area contributed by atoms with Crippen LogP contribution >= 0.6 is 11.3 Å². The Morgan fingerprint density at radius 2 is 1.90 bits per heavy atom. The molecule has 0 aliphatic heterocycles. The lowest BCUT2D eigenvalue weighted by atomic mass is 10.5. The van der Waals surface area contributed by atoms with Crippen LogP contribution in [-0.4, -0.2) is 29.9 Å². The van der Waals surface area contributed by atoms with Gasteiger partial charge in [-0.1, -0.05) is 6.92 Å². The van der Waals surface area contributed by atoms with Crippen molar-refractivity contribution < 1.29 is 8.42 Å². The van der Waals surface area contributed by atoms with Crippen molar-refractivity contribution in [1.29, 1.82) is 0 Å². The Morgan fingerprint density at radius 1 is 1.20 bits per heavy atom. The average Bonchev–Trinajstić information content (AvgIpc) is 2.81. The van der Waals surface area contributed by atoms with Crippen LogP contribution in [0.1, 0.15) is 18.2 Å². The molecular formula is C11H15N5O2S2. The summed E-state index contributed by atoms with van der Waals surface area (Å²) in [6.07, 6.45) is 5.09. The fourth-order valence-electron chi connectivity index (χ4n) is 1.36. The highest BCUT2D eigenvalue weighted by molar-refractivity contribution is 7.93. The van der Waals surface area contributed by atoms with Gasteiger partial charge in [0, 0.05) is 17.6 Å². The third kappa shape index (κ3) is 3.64. The number of thiazole rings is 1. The Labute approximate surface area is 121 Å². The molecular weight excluding hydrogens is 298 g/mol. The predicted molar refractivity (Wildman–Crippen MR) is 78.5 cm³/mol. The second-order valence-corrected chi connectivity index (χ2v) is 6.97. The lowest BCUT2D eigenvalue weighted by Crippen LogP contribution is -2.14. The fourth-order valence-corrected chi connectivity index (χ4v) is 3.15. The van der Waals surface area contributed by atoms with E-state index in [1.54, 1.807) is 6.20 Å². The minimum atomic E-state index is -3.69. The SMILES string of the molecule is CCCNc1ncc(S(=O)(=O)Nc2ncc(C)s2)cn1. The van der Waals surface area contributed by atoms with E-state index in [1.165, 1.54) is 23.7 Å². The summed E-state index contributed by atoms with van der Waals surface area (Å²) in [6.45, 7) is 4.61. The highest BCUT2D eigenvalue weighted by atomic mass is 32.2. The molecule has 0 atom stereocenters. The lowest BCUT2D eigenvalue weighted by Gasteiger charge is -2.06. The summed E-state index contributed by atoms with van der Waals surface area (Å²) >= 11 is 1.27. The van der Waals surface area contributed by atoms with E-state index in [1.807, 2.05) is 13.8 Å². The first-order chi connectivity index (χ1) is 9.51. The lowest BCUT2D eigenvalue weighted by molar-refractivity contribution is 0.600. The summed E-state index contributed by atoms with van der Waals surface area (Å²) in [5.74, 6) is 0.413. The maximum atomic E-state index is 12.1. The Kier molecular flexibility index (Phi) is 4.50. The number of anilines is 2. The van der Waals surface area contributed by atoms with Crippen LogP contribution in [0.25, 0.3) is 0 Å². The van der Waals surface area contributed by atoms with Gasteiger partial charge >= 0.3 is 0 Å². The van der Waals surface area contributed by atoms with E-state index in [4.69, 9.17) is 0 Å². The van der Waals surface area contributed by atoms with E-state index in [2.05, 4.69) is 25.0 Å². The molecule has 0 bridgehead atoms. The van der Waals surface area contributed by atoms with Crippen LogP contribution < -0.4 is 10.0 Å². The molecule has 7 nitrogen and oxygen atoms in total. The maximum absolute atomic E-state index is 12.1. The van der Waals surface area contributed by atoms with Crippen molar-refractivity contribution in [2.24, 2.45) is 0 Å². The quantitative estimate of drug-likeness (QED) is 0.845. The summed E-state index contributed by atoms with van der Waals surface area (Å²) in [5, 5.41) is 3.31. The minimum absolute atomic E-state index is 0.00685. The van der Waals surface area contributed by atoms with Gasteiger partial charge in [0.05, 0.1) is 12.4 Å². The summed E-state index contributed by atoms with van der Waals surface area (Å²) in [7, 11) is -3.69. The molecule has 2 aromatic heterocycles. The van der Waals surface area contributed by atoms with Crippen molar-refractivity contribution >= 4 is 32.4 Å². The van der Waals surface area contributed by atoms with Gasteiger partial charge in [-0.2, -0.15) is 0 Å². The topological polar surface area (TPSA) is 96.9 Å². The Bertz CT molecular complexity index is 666. The number of nitrogens with zero attached hydrogens (tertiary/aromatic N) is 3. The smallest absolute Gasteiger partial charge is 0.266 e. The Morgan fingerprint density at radius 3 is 2.45 bits per heavy atom. The zero-order chi connectivity index (χ0) is 14.6. The van der Waals surface area contributed by atoms with Crippen LogP contribution in [0.2, 0.25) is 0 Å². The molecule has 0 spiro atoms. The van der Waals surface area contributed by atoms with Crippen LogP contribution in [0.4, 0.5) is 11.1 Å². The average molecular weight is 313 g/mol. The first-order valence-electron chi connectivity index (χ1n) is 6.02. The molecule has 0 saturated heterocycles. The van der Waals surface area contributed by atoms with Crippen molar-refractivity contribution in [2.45, 2.75) is 25.2 Å². The van der Waals surface area contributed by atoms with Crippen LogP contribution in [0.15, 0.2) is 23.5 Å².